The van der Waals surface area contributed by atoms with Crippen LogP contribution < -0.4 is 0 Å². The SMILES string of the molecule is CCc1cc(C(C)(C)C)cc(-n2nc3ccccc3n2)c1O. The molecule has 0 fully saturated rings. The fraction of sp³-hybridized carbons (Fsp3) is 0.333. The van der Waals surface area contributed by atoms with Gasteiger partial charge in [0.05, 0.1) is 0 Å². The van der Waals surface area contributed by atoms with Crippen LogP contribution in [-0.4, -0.2) is 20.1 Å². The van der Waals surface area contributed by atoms with E-state index >= 15 is 0 Å². The molecule has 1 aromatic heterocycles. The Kier molecular flexibility index (Phi) is 3.39. The first-order chi connectivity index (χ1) is 10.4. The number of aromatic nitrogens is 3. The van der Waals surface area contributed by atoms with E-state index in [0.717, 1.165) is 23.0 Å². The Morgan fingerprint density at radius 1 is 1.05 bits per heavy atom. The molecule has 114 valence electrons. The third kappa shape index (κ3) is 2.45. The van der Waals surface area contributed by atoms with Crippen LogP contribution in [0, 0.1) is 0 Å². The molecule has 22 heavy (non-hydrogen) atoms. The third-order valence-electron chi connectivity index (χ3n) is 3.92. The van der Waals surface area contributed by atoms with Gasteiger partial charge in [-0.15, -0.1) is 15.0 Å². The molecular weight excluding hydrogens is 274 g/mol. The molecule has 0 bridgehead atoms. The predicted octanol–water partition coefficient (Wildman–Crippen LogP) is 3.99. The molecule has 0 unspecified atom stereocenters. The van der Waals surface area contributed by atoms with Crippen molar-refractivity contribution in [1.29, 1.82) is 0 Å². The second-order valence-corrected chi connectivity index (χ2v) is 6.58. The van der Waals surface area contributed by atoms with Gasteiger partial charge in [0.2, 0.25) is 0 Å². The minimum atomic E-state index is -0.00105. The van der Waals surface area contributed by atoms with Gasteiger partial charge in [-0.25, -0.2) is 0 Å². The summed E-state index contributed by atoms with van der Waals surface area (Å²) in [7, 11) is 0. The van der Waals surface area contributed by atoms with Crippen molar-refractivity contribution in [1.82, 2.24) is 15.0 Å². The molecule has 0 aliphatic heterocycles. The van der Waals surface area contributed by atoms with Gasteiger partial charge in [0.15, 0.2) is 0 Å². The Balaban J connectivity index is 2.24. The molecule has 0 saturated carbocycles. The maximum absolute atomic E-state index is 10.6. The quantitative estimate of drug-likeness (QED) is 0.778. The van der Waals surface area contributed by atoms with Crippen LogP contribution in [0.25, 0.3) is 16.7 Å². The number of phenols is 1. The van der Waals surface area contributed by atoms with E-state index in [2.05, 4.69) is 37.0 Å². The van der Waals surface area contributed by atoms with Gasteiger partial charge in [0.25, 0.3) is 0 Å². The lowest BCUT2D eigenvalue weighted by Crippen LogP contribution is -2.13. The first-order valence-electron chi connectivity index (χ1n) is 7.59. The maximum atomic E-state index is 10.6. The van der Waals surface area contributed by atoms with E-state index in [9.17, 15) is 5.11 Å². The van der Waals surface area contributed by atoms with Crippen LogP contribution in [0.15, 0.2) is 36.4 Å². The minimum absolute atomic E-state index is 0.00105. The molecule has 4 nitrogen and oxygen atoms in total. The zero-order chi connectivity index (χ0) is 15.9. The van der Waals surface area contributed by atoms with Crippen molar-refractivity contribution in [2.75, 3.05) is 0 Å². The Hall–Kier alpha value is -2.36. The van der Waals surface area contributed by atoms with Gasteiger partial charge in [-0.2, -0.15) is 0 Å². The lowest BCUT2D eigenvalue weighted by Gasteiger charge is -2.21. The molecule has 1 N–H and O–H groups in total. The van der Waals surface area contributed by atoms with E-state index in [4.69, 9.17) is 0 Å². The Labute approximate surface area is 130 Å². The number of hydrogen-bond donors (Lipinski definition) is 1. The highest BCUT2D eigenvalue weighted by molar-refractivity contribution is 5.73. The van der Waals surface area contributed by atoms with Crippen molar-refractivity contribution >= 4 is 11.0 Å². The Bertz CT molecular complexity index is 795. The highest BCUT2D eigenvalue weighted by atomic mass is 16.3. The summed E-state index contributed by atoms with van der Waals surface area (Å²) in [5, 5.41) is 19.5. The Morgan fingerprint density at radius 3 is 2.14 bits per heavy atom. The molecule has 0 radical (unpaired) electrons. The van der Waals surface area contributed by atoms with Crippen molar-refractivity contribution < 1.29 is 5.11 Å². The van der Waals surface area contributed by atoms with E-state index in [0.29, 0.717) is 5.69 Å². The van der Waals surface area contributed by atoms with Gasteiger partial charge in [-0.1, -0.05) is 45.9 Å². The second kappa shape index (κ2) is 5.13. The van der Waals surface area contributed by atoms with Crippen LogP contribution in [0.1, 0.15) is 38.8 Å². The monoisotopic (exact) mass is 295 g/mol. The number of aryl methyl sites for hydroxylation is 1. The minimum Gasteiger partial charge on any atom is -0.505 e. The maximum Gasteiger partial charge on any atom is 0.146 e. The molecule has 3 aromatic rings. The summed E-state index contributed by atoms with van der Waals surface area (Å²) in [6, 6.07) is 11.8. The van der Waals surface area contributed by atoms with E-state index in [1.807, 2.05) is 37.3 Å². The van der Waals surface area contributed by atoms with Crippen LogP contribution in [0.5, 0.6) is 5.75 Å². The number of rotatable bonds is 2. The first kappa shape index (κ1) is 14.6. The first-order valence-corrected chi connectivity index (χ1v) is 7.59. The number of phenolic OH excluding ortho intramolecular Hbond substituents is 1. The van der Waals surface area contributed by atoms with Crippen molar-refractivity contribution in [2.45, 2.75) is 39.5 Å². The molecule has 0 aliphatic carbocycles. The standard InChI is InChI=1S/C18H21N3O/c1-5-12-10-13(18(2,3)4)11-16(17(12)22)21-19-14-8-6-7-9-15(14)20-21/h6-11,22H,5H2,1-4H3. The van der Waals surface area contributed by atoms with E-state index in [1.165, 1.54) is 10.4 Å². The van der Waals surface area contributed by atoms with Gasteiger partial charge >= 0.3 is 0 Å². The normalized spacial score (nSPS) is 12.0. The Morgan fingerprint density at radius 2 is 1.64 bits per heavy atom. The molecule has 0 atom stereocenters. The fourth-order valence-electron chi connectivity index (χ4n) is 2.50. The third-order valence-corrected chi connectivity index (χ3v) is 3.92. The zero-order valence-electron chi connectivity index (χ0n) is 13.5. The molecule has 0 spiro atoms. The van der Waals surface area contributed by atoms with Crippen LogP contribution in [0.2, 0.25) is 0 Å². The second-order valence-electron chi connectivity index (χ2n) is 6.58. The summed E-state index contributed by atoms with van der Waals surface area (Å²) in [6.45, 7) is 8.53. The van der Waals surface area contributed by atoms with Gasteiger partial charge in [0, 0.05) is 0 Å². The highest BCUT2D eigenvalue weighted by Crippen LogP contribution is 2.33. The van der Waals surface area contributed by atoms with Crippen molar-refractivity contribution in [3.63, 3.8) is 0 Å². The molecule has 0 aliphatic rings. The van der Waals surface area contributed by atoms with Crippen LogP contribution in [0.3, 0.4) is 0 Å². The molecular formula is C18H21N3O. The summed E-state index contributed by atoms with van der Waals surface area (Å²) in [4.78, 5) is 1.54. The average molecular weight is 295 g/mol. The van der Waals surface area contributed by atoms with Crippen LogP contribution in [0.4, 0.5) is 0 Å². The molecule has 1 heterocycles. The summed E-state index contributed by atoms with van der Waals surface area (Å²) in [5.74, 6) is 0.260. The van der Waals surface area contributed by atoms with Crippen molar-refractivity contribution in [3.05, 3.63) is 47.5 Å². The number of fused-ring (bicyclic) bond motifs is 1. The lowest BCUT2D eigenvalue weighted by molar-refractivity contribution is 0.459. The van der Waals surface area contributed by atoms with Crippen LogP contribution in [-0.2, 0) is 11.8 Å². The van der Waals surface area contributed by atoms with Crippen molar-refractivity contribution in [2.24, 2.45) is 0 Å². The highest BCUT2D eigenvalue weighted by Gasteiger charge is 2.20. The molecule has 0 amide bonds. The zero-order valence-corrected chi connectivity index (χ0v) is 13.5. The van der Waals surface area contributed by atoms with Gasteiger partial charge in [-0.3, -0.25) is 0 Å². The number of nitrogens with zero attached hydrogens (tertiary/aromatic N) is 3. The summed E-state index contributed by atoms with van der Waals surface area (Å²) >= 11 is 0. The fourth-order valence-corrected chi connectivity index (χ4v) is 2.50. The van der Waals surface area contributed by atoms with Crippen LogP contribution >= 0.6 is 0 Å². The lowest BCUT2D eigenvalue weighted by atomic mass is 9.85. The molecule has 2 aromatic carbocycles. The number of benzene rings is 2. The van der Waals surface area contributed by atoms with Gasteiger partial charge in [0.1, 0.15) is 22.5 Å². The summed E-state index contributed by atoms with van der Waals surface area (Å²) in [5.41, 5.74) is 4.36. The largest absolute Gasteiger partial charge is 0.505 e. The average Bonchev–Trinajstić information content (AvgIpc) is 2.89. The van der Waals surface area contributed by atoms with Gasteiger partial charge in [-0.05, 0) is 41.2 Å². The summed E-state index contributed by atoms with van der Waals surface area (Å²) in [6.07, 6.45) is 0.767. The van der Waals surface area contributed by atoms with Gasteiger partial charge < -0.3 is 5.11 Å². The predicted molar refractivity (Wildman–Crippen MR) is 88.6 cm³/mol. The van der Waals surface area contributed by atoms with E-state index in [1.54, 1.807) is 0 Å². The van der Waals surface area contributed by atoms with E-state index in [-0.39, 0.29) is 11.2 Å². The molecule has 4 heteroatoms. The molecule has 0 saturated heterocycles. The smallest absolute Gasteiger partial charge is 0.146 e. The topological polar surface area (TPSA) is 50.9 Å². The van der Waals surface area contributed by atoms with E-state index < -0.39 is 0 Å². The number of hydrogen-bond acceptors (Lipinski definition) is 3. The molecule has 3 rings (SSSR count). The van der Waals surface area contributed by atoms with Crippen molar-refractivity contribution in [3.8, 4) is 11.4 Å². The number of aromatic hydroxyl groups is 1. The summed E-state index contributed by atoms with van der Waals surface area (Å²) < 4.78 is 0.